The summed E-state index contributed by atoms with van der Waals surface area (Å²) >= 11 is 0. The first-order chi connectivity index (χ1) is 13.2. The summed E-state index contributed by atoms with van der Waals surface area (Å²) in [5.74, 6) is 1.54. The van der Waals surface area contributed by atoms with Gasteiger partial charge in [-0.3, -0.25) is 4.99 Å². The van der Waals surface area contributed by atoms with Crippen LogP contribution in [0.3, 0.4) is 0 Å². The predicted molar refractivity (Wildman–Crippen MR) is 113 cm³/mol. The van der Waals surface area contributed by atoms with Crippen LogP contribution in [-0.2, 0) is 13.1 Å². The highest BCUT2D eigenvalue weighted by molar-refractivity contribution is 5.79. The number of nitrogens with zero attached hydrogens (tertiary/aromatic N) is 3. The van der Waals surface area contributed by atoms with Gasteiger partial charge in [0.15, 0.2) is 5.96 Å². The molecule has 0 aliphatic carbocycles. The monoisotopic (exact) mass is 363 g/mol. The summed E-state index contributed by atoms with van der Waals surface area (Å²) < 4.78 is 2.18. The second-order valence-electron chi connectivity index (χ2n) is 7.21. The van der Waals surface area contributed by atoms with Crippen LogP contribution >= 0.6 is 0 Å². The van der Waals surface area contributed by atoms with E-state index in [0.717, 1.165) is 37.5 Å². The van der Waals surface area contributed by atoms with Crippen molar-refractivity contribution in [3.05, 3.63) is 66.0 Å². The molecule has 5 nitrogen and oxygen atoms in total. The molecule has 0 saturated heterocycles. The number of hydrogen-bond acceptors (Lipinski definition) is 2. The highest BCUT2D eigenvalue weighted by atomic mass is 15.2. The second-order valence-corrected chi connectivity index (χ2v) is 7.21. The fourth-order valence-corrected chi connectivity index (χ4v) is 2.98. The van der Waals surface area contributed by atoms with Crippen LogP contribution in [0.2, 0.25) is 0 Å². The fraction of sp³-hybridized carbons (Fsp3) is 0.364. The molecule has 0 aliphatic heterocycles. The van der Waals surface area contributed by atoms with Gasteiger partial charge in [-0.05, 0) is 35.6 Å². The average Bonchev–Trinajstić information content (AvgIpc) is 3.08. The van der Waals surface area contributed by atoms with Crippen molar-refractivity contribution in [2.75, 3.05) is 13.6 Å². The average molecular weight is 364 g/mol. The number of aromatic nitrogens is 2. The Balaban J connectivity index is 1.54. The SMILES string of the molecule is CN=C(NCCC(C)C)NCc1ccc(Cn2cnc3ccccc32)cc1. The van der Waals surface area contributed by atoms with Gasteiger partial charge in [0, 0.05) is 26.7 Å². The van der Waals surface area contributed by atoms with Gasteiger partial charge < -0.3 is 15.2 Å². The number of aliphatic imine (C=N–C) groups is 1. The maximum absolute atomic E-state index is 4.46. The summed E-state index contributed by atoms with van der Waals surface area (Å²) in [4.78, 5) is 8.74. The molecule has 0 saturated carbocycles. The minimum Gasteiger partial charge on any atom is -0.356 e. The zero-order valence-electron chi connectivity index (χ0n) is 16.4. The third kappa shape index (κ3) is 5.33. The molecular formula is C22H29N5. The largest absolute Gasteiger partial charge is 0.356 e. The van der Waals surface area contributed by atoms with Crippen molar-refractivity contribution in [2.24, 2.45) is 10.9 Å². The van der Waals surface area contributed by atoms with Gasteiger partial charge in [-0.2, -0.15) is 0 Å². The lowest BCUT2D eigenvalue weighted by Crippen LogP contribution is -2.37. The lowest BCUT2D eigenvalue weighted by molar-refractivity contribution is 0.573. The van der Waals surface area contributed by atoms with Crippen molar-refractivity contribution in [3.63, 3.8) is 0 Å². The highest BCUT2D eigenvalue weighted by Gasteiger charge is 2.03. The Kier molecular flexibility index (Phi) is 6.47. The summed E-state index contributed by atoms with van der Waals surface area (Å²) in [5, 5.41) is 6.73. The number of rotatable bonds is 7. The zero-order chi connectivity index (χ0) is 19.1. The summed E-state index contributed by atoms with van der Waals surface area (Å²) in [7, 11) is 1.81. The van der Waals surface area contributed by atoms with Crippen molar-refractivity contribution < 1.29 is 0 Å². The third-order valence-corrected chi connectivity index (χ3v) is 4.60. The maximum atomic E-state index is 4.46. The lowest BCUT2D eigenvalue weighted by atomic mass is 10.1. The molecule has 2 N–H and O–H groups in total. The molecule has 142 valence electrons. The Morgan fingerprint density at radius 2 is 1.78 bits per heavy atom. The second kappa shape index (κ2) is 9.21. The molecule has 0 amide bonds. The Bertz CT molecular complexity index is 877. The lowest BCUT2D eigenvalue weighted by Gasteiger charge is -2.13. The predicted octanol–water partition coefficient (Wildman–Crippen LogP) is 3.80. The van der Waals surface area contributed by atoms with Crippen LogP contribution in [0.1, 0.15) is 31.4 Å². The van der Waals surface area contributed by atoms with Gasteiger partial charge in [0.05, 0.1) is 17.4 Å². The number of fused-ring (bicyclic) bond motifs is 1. The molecule has 0 radical (unpaired) electrons. The number of nitrogens with one attached hydrogen (secondary N) is 2. The van der Waals surface area contributed by atoms with E-state index in [-0.39, 0.29) is 0 Å². The van der Waals surface area contributed by atoms with Crippen LogP contribution in [0, 0.1) is 5.92 Å². The Morgan fingerprint density at radius 1 is 1.04 bits per heavy atom. The minimum absolute atomic E-state index is 0.691. The van der Waals surface area contributed by atoms with E-state index in [1.807, 2.05) is 25.5 Å². The molecule has 1 aromatic heterocycles. The van der Waals surface area contributed by atoms with Crippen molar-refractivity contribution in [2.45, 2.75) is 33.4 Å². The topological polar surface area (TPSA) is 54.2 Å². The molecule has 0 fully saturated rings. The Morgan fingerprint density at radius 3 is 2.52 bits per heavy atom. The van der Waals surface area contributed by atoms with Gasteiger partial charge >= 0.3 is 0 Å². The summed E-state index contributed by atoms with van der Waals surface area (Å²) in [6, 6.07) is 16.9. The molecule has 3 aromatic rings. The molecular weight excluding hydrogens is 334 g/mol. The third-order valence-electron chi connectivity index (χ3n) is 4.60. The van der Waals surface area contributed by atoms with E-state index in [2.05, 4.69) is 75.4 Å². The normalized spacial score (nSPS) is 11.9. The molecule has 0 unspecified atom stereocenters. The molecule has 0 atom stereocenters. The Labute approximate surface area is 161 Å². The van der Waals surface area contributed by atoms with Crippen LogP contribution in [0.25, 0.3) is 11.0 Å². The first-order valence-electron chi connectivity index (χ1n) is 9.58. The molecule has 0 spiro atoms. The number of guanidine groups is 1. The summed E-state index contributed by atoms with van der Waals surface area (Å²) in [6.07, 6.45) is 3.05. The quantitative estimate of drug-likeness (QED) is 0.496. The van der Waals surface area contributed by atoms with Crippen LogP contribution < -0.4 is 10.6 Å². The van der Waals surface area contributed by atoms with E-state index in [9.17, 15) is 0 Å². The molecule has 3 rings (SSSR count). The zero-order valence-corrected chi connectivity index (χ0v) is 16.4. The number of benzene rings is 2. The first-order valence-corrected chi connectivity index (χ1v) is 9.58. The molecule has 1 heterocycles. The fourth-order valence-electron chi connectivity index (χ4n) is 2.98. The van der Waals surface area contributed by atoms with Gasteiger partial charge in [-0.25, -0.2) is 4.98 Å². The van der Waals surface area contributed by atoms with E-state index in [4.69, 9.17) is 0 Å². The smallest absolute Gasteiger partial charge is 0.191 e. The van der Waals surface area contributed by atoms with Gasteiger partial charge in [0.25, 0.3) is 0 Å². The minimum atomic E-state index is 0.691. The summed E-state index contributed by atoms with van der Waals surface area (Å²) in [5.41, 5.74) is 4.71. The van der Waals surface area contributed by atoms with E-state index in [0.29, 0.717) is 5.92 Å². The van der Waals surface area contributed by atoms with Gasteiger partial charge in [0.1, 0.15) is 0 Å². The van der Waals surface area contributed by atoms with Gasteiger partial charge in [-0.15, -0.1) is 0 Å². The number of hydrogen-bond donors (Lipinski definition) is 2. The molecule has 2 aromatic carbocycles. The summed E-state index contributed by atoms with van der Waals surface area (Å²) in [6.45, 7) is 6.98. The molecule has 0 bridgehead atoms. The maximum Gasteiger partial charge on any atom is 0.191 e. The van der Waals surface area contributed by atoms with Crippen LogP contribution in [0.15, 0.2) is 59.9 Å². The van der Waals surface area contributed by atoms with Crippen LogP contribution in [0.5, 0.6) is 0 Å². The Hall–Kier alpha value is -2.82. The standard InChI is InChI=1S/C22H29N5/c1-17(2)12-13-24-22(23-3)25-14-18-8-10-19(11-9-18)15-27-16-26-20-6-4-5-7-21(20)27/h4-11,16-17H,12-15H2,1-3H3,(H2,23,24,25). The van der Waals surface area contributed by atoms with E-state index in [1.54, 1.807) is 0 Å². The van der Waals surface area contributed by atoms with Crippen molar-refractivity contribution in [3.8, 4) is 0 Å². The van der Waals surface area contributed by atoms with Crippen molar-refractivity contribution in [1.29, 1.82) is 0 Å². The molecule has 5 heteroatoms. The van der Waals surface area contributed by atoms with E-state index in [1.165, 1.54) is 16.6 Å². The molecule has 27 heavy (non-hydrogen) atoms. The van der Waals surface area contributed by atoms with Crippen molar-refractivity contribution >= 4 is 17.0 Å². The van der Waals surface area contributed by atoms with Crippen LogP contribution in [-0.4, -0.2) is 29.1 Å². The van der Waals surface area contributed by atoms with Crippen LogP contribution in [0.4, 0.5) is 0 Å². The number of imidazole rings is 1. The number of para-hydroxylation sites is 2. The van der Waals surface area contributed by atoms with E-state index < -0.39 is 0 Å². The van der Waals surface area contributed by atoms with E-state index >= 15 is 0 Å². The molecule has 0 aliphatic rings. The highest BCUT2D eigenvalue weighted by Crippen LogP contribution is 2.14. The van der Waals surface area contributed by atoms with Crippen molar-refractivity contribution in [1.82, 2.24) is 20.2 Å². The first kappa shape index (κ1) is 19.0. The van der Waals surface area contributed by atoms with Gasteiger partial charge in [-0.1, -0.05) is 50.2 Å². The van der Waals surface area contributed by atoms with Gasteiger partial charge in [0.2, 0.25) is 0 Å².